The Morgan fingerprint density at radius 2 is 1.81 bits per heavy atom. The fourth-order valence-electron chi connectivity index (χ4n) is 3.28. The first-order chi connectivity index (χ1) is 14.7. The van der Waals surface area contributed by atoms with Gasteiger partial charge < -0.3 is 26.1 Å². The van der Waals surface area contributed by atoms with Crippen molar-refractivity contribution in [1.82, 2.24) is 4.57 Å². The first-order valence-electron chi connectivity index (χ1n) is 10.7. The fourth-order valence-corrected chi connectivity index (χ4v) is 3.28. The SMILES string of the molecule is C[n+]1ccn(CCCCCCCCOc2ccc(C(=O)/C=C/c3ccco3)cc2)c1.[Br-]. The lowest BCUT2D eigenvalue weighted by Gasteiger charge is -2.06. The number of ketones is 1. The Morgan fingerprint density at radius 1 is 1.06 bits per heavy atom. The van der Waals surface area contributed by atoms with Crippen LogP contribution in [0.4, 0.5) is 0 Å². The topological polar surface area (TPSA) is 48.2 Å². The lowest BCUT2D eigenvalue weighted by molar-refractivity contribution is -0.671. The third-order valence-electron chi connectivity index (χ3n) is 4.98. The number of carbonyl (C=O) groups excluding carboxylic acids is 1. The van der Waals surface area contributed by atoms with Crippen LogP contribution in [0.2, 0.25) is 0 Å². The molecule has 0 atom stereocenters. The van der Waals surface area contributed by atoms with Gasteiger partial charge in [0, 0.05) is 5.56 Å². The molecule has 0 N–H and O–H groups in total. The second kappa shape index (κ2) is 13.7. The van der Waals surface area contributed by atoms with Crippen molar-refractivity contribution in [2.24, 2.45) is 7.05 Å². The maximum atomic E-state index is 12.2. The number of ether oxygens (including phenoxy) is 1. The van der Waals surface area contributed by atoms with Gasteiger partial charge in [0.2, 0.25) is 6.33 Å². The number of aromatic nitrogens is 2. The number of hydrogen-bond acceptors (Lipinski definition) is 3. The summed E-state index contributed by atoms with van der Waals surface area (Å²) in [5.74, 6) is 1.42. The minimum absolute atomic E-state index is 0. The zero-order valence-corrected chi connectivity index (χ0v) is 19.7. The summed E-state index contributed by atoms with van der Waals surface area (Å²) in [5, 5.41) is 0. The van der Waals surface area contributed by atoms with Gasteiger partial charge in [0.05, 0.1) is 26.5 Å². The van der Waals surface area contributed by atoms with E-state index in [-0.39, 0.29) is 22.8 Å². The number of nitrogens with zero attached hydrogens (tertiary/aromatic N) is 2. The van der Waals surface area contributed by atoms with E-state index in [1.54, 1.807) is 30.5 Å². The highest BCUT2D eigenvalue weighted by atomic mass is 79.9. The van der Waals surface area contributed by atoms with E-state index in [0.29, 0.717) is 17.9 Å². The van der Waals surface area contributed by atoms with Crippen molar-refractivity contribution in [3.05, 3.63) is 78.8 Å². The van der Waals surface area contributed by atoms with Gasteiger partial charge in [0.1, 0.15) is 23.9 Å². The van der Waals surface area contributed by atoms with Gasteiger partial charge in [-0.05, 0) is 67.8 Å². The Kier molecular flexibility index (Phi) is 10.9. The van der Waals surface area contributed by atoms with Gasteiger partial charge in [-0.2, -0.15) is 0 Å². The molecule has 3 aromatic rings. The van der Waals surface area contributed by atoms with Crippen LogP contribution in [0.25, 0.3) is 6.08 Å². The summed E-state index contributed by atoms with van der Waals surface area (Å²) in [7, 11) is 2.05. The van der Waals surface area contributed by atoms with Crippen LogP contribution in [0.3, 0.4) is 0 Å². The molecule has 0 spiro atoms. The van der Waals surface area contributed by atoms with Gasteiger partial charge >= 0.3 is 0 Å². The summed E-state index contributed by atoms with van der Waals surface area (Å²) >= 11 is 0. The first-order valence-corrected chi connectivity index (χ1v) is 10.7. The van der Waals surface area contributed by atoms with E-state index in [4.69, 9.17) is 9.15 Å². The van der Waals surface area contributed by atoms with E-state index in [1.165, 1.54) is 38.2 Å². The van der Waals surface area contributed by atoms with Crippen LogP contribution in [0.15, 0.2) is 71.9 Å². The van der Waals surface area contributed by atoms with E-state index < -0.39 is 0 Å². The third kappa shape index (κ3) is 8.97. The van der Waals surface area contributed by atoms with Crippen molar-refractivity contribution in [1.29, 1.82) is 0 Å². The molecule has 0 unspecified atom stereocenters. The van der Waals surface area contributed by atoms with Crippen molar-refractivity contribution >= 4 is 11.9 Å². The highest BCUT2D eigenvalue weighted by molar-refractivity contribution is 6.06. The van der Waals surface area contributed by atoms with Gasteiger partial charge in [-0.3, -0.25) is 4.79 Å². The second-order valence-corrected chi connectivity index (χ2v) is 7.52. The van der Waals surface area contributed by atoms with Gasteiger partial charge in [0.15, 0.2) is 5.78 Å². The Labute approximate surface area is 195 Å². The fraction of sp³-hybridized carbons (Fsp3) is 0.360. The molecule has 2 heterocycles. The molecule has 1 aromatic carbocycles. The second-order valence-electron chi connectivity index (χ2n) is 7.52. The monoisotopic (exact) mass is 486 g/mol. The number of imidazole rings is 1. The molecule has 0 aliphatic rings. The van der Waals surface area contributed by atoms with E-state index in [9.17, 15) is 4.79 Å². The summed E-state index contributed by atoms with van der Waals surface area (Å²) in [6.07, 6.45) is 18.4. The predicted molar refractivity (Wildman–Crippen MR) is 117 cm³/mol. The highest BCUT2D eigenvalue weighted by Gasteiger charge is 2.03. The maximum absolute atomic E-state index is 12.2. The minimum atomic E-state index is -0.0522. The molecule has 5 nitrogen and oxygen atoms in total. The van der Waals surface area contributed by atoms with Crippen molar-refractivity contribution in [3.63, 3.8) is 0 Å². The van der Waals surface area contributed by atoms with E-state index >= 15 is 0 Å². The lowest BCUT2D eigenvalue weighted by Crippen LogP contribution is -3.00. The average Bonchev–Trinajstić information content (AvgIpc) is 3.43. The molecule has 0 saturated carbocycles. The normalized spacial score (nSPS) is 10.9. The van der Waals surface area contributed by atoms with Gasteiger partial charge in [-0.15, -0.1) is 0 Å². The van der Waals surface area contributed by atoms with Crippen molar-refractivity contribution in [2.45, 2.75) is 45.1 Å². The van der Waals surface area contributed by atoms with Crippen molar-refractivity contribution in [3.8, 4) is 5.75 Å². The number of furan rings is 1. The Balaban J connectivity index is 0.00000341. The third-order valence-corrected chi connectivity index (χ3v) is 4.98. The number of halogens is 1. The van der Waals surface area contributed by atoms with Crippen molar-refractivity contribution in [2.75, 3.05) is 6.61 Å². The molecular formula is C25H31BrN2O3. The molecule has 31 heavy (non-hydrogen) atoms. The number of benzene rings is 1. The van der Waals surface area contributed by atoms with Crippen LogP contribution in [-0.4, -0.2) is 17.0 Å². The number of aryl methyl sites for hydroxylation is 2. The largest absolute Gasteiger partial charge is 1.00 e. The van der Waals surface area contributed by atoms with E-state index in [1.807, 2.05) is 25.2 Å². The Hall–Kier alpha value is -2.60. The quantitative estimate of drug-likeness (QED) is 0.161. The molecule has 3 rings (SSSR count). The van der Waals surface area contributed by atoms with Crippen LogP contribution in [-0.2, 0) is 13.6 Å². The molecule has 0 fully saturated rings. The lowest BCUT2D eigenvalue weighted by atomic mass is 10.1. The summed E-state index contributed by atoms with van der Waals surface area (Å²) in [6.45, 7) is 1.81. The van der Waals surface area contributed by atoms with Crippen LogP contribution in [0, 0.1) is 0 Å². The number of carbonyl (C=O) groups is 1. The maximum Gasteiger partial charge on any atom is 0.243 e. The van der Waals surface area contributed by atoms with Gasteiger partial charge in [0.25, 0.3) is 0 Å². The molecule has 0 aliphatic carbocycles. The summed E-state index contributed by atoms with van der Waals surface area (Å²) in [5.41, 5.74) is 0.638. The highest BCUT2D eigenvalue weighted by Crippen LogP contribution is 2.15. The zero-order valence-electron chi connectivity index (χ0n) is 18.1. The number of allylic oxidation sites excluding steroid dienone is 1. The van der Waals surface area contributed by atoms with Crippen LogP contribution >= 0.6 is 0 Å². The molecule has 0 saturated heterocycles. The Bertz CT molecular complexity index is 915. The molecule has 0 amide bonds. The van der Waals surface area contributed by atoms with Crippen LogP contribution in [0.1, 0.15) is 54.6 Å². The van der Waals surface area contributed by atoms with Crippen molar-refractivity contribution < 1.29 is 35.5 Å². The van der Waals surface area contributed by atoms with Gasteiger partial charge in [-0.1, -0.05) is 19.3 Å². The molecule has 2 aromatic heterocycles. The Morgan fingerprint density at radius 3 is 2.48 bits per heavy atom. The summed E-state index contributed by atoms with van der Waals surface area (Å²) in [6, 6.07) is 10.9. The van der Waals surface area contributed by atoms with Gasteiger partial charge in [-0.25, -0.2) is 9.13 Å². The molecule has 166 valence electrons. The standard InChI is InChI=1S/C25H31N2O3.BrH/c1-26-17-18-27(21-26)16-6-4-2-3-5-7-19-29-24-12-10-22(11-13-24)25(28)15-14-23-9-8-20-30-23;/h8-15,17-18,20-21H,2-7,16,19H2,1H3;1H/q+1;/p-1/b15-14+;. The summed E-state index contributed by atoms with van der Waals surface area (Å²) < 4.78 is 15.3. The van der Waals surface area contributed by atoms with E-state index in [0.717, 1.165) is 18.7 Å². The predicted octanol–water partition coefficient (Wildman–Crippen LogP) is 2.23. The molecule has 0 radical (unpaired) electrons. The van der Waals surface area contributed by atoms with Crippen LogP contribution in [0.5, 0.6) is 5.75 Å². The molecule has 0 aliphatic heterocycles. The molecule has 6 heteroatoms. The molecule has 0 bridgehead atoms. The number of rotatable bonds is 13. The zero-order chi connectivity index (χ0) is 21.0. The molecular weight excluding hydrogens is 456 g/mol. The summed E-state index contributed by atoms with van der Waals surface area (Å²) in [4.78, 5) is 12.2. The minimum Gasteiger partial charge on any atom is -1.00 e. The number of hydrogen-bond donors (Lipinski definition) is 0. The number of unbranched alkanes of at least 4 members (excludes halogenated alkanes) is 5. The first kappa shape index (κ1) is 24.7. The van der Waals surface area contributed by atoms with Crippen LogP contribution < -0.4 is 26.3 Å². The van der Waals surface area contributed by atoms with E-state index in [2.05, 4.69) is 27.9 Å². The average molecular weight is 487 g/mol. The smallest absolute Gasteiger partial charge is 0.243 e.